The zero-order valence-corrected chi connectivity index (χ0v) is 13.5. The number of hydrogen-bond acceptors (Lipinski definition) is 3. The molecule has 3 rings (SSSR count). The lowest BCUT2D eigenvalue weighted by molar-refractivity contribution is -0.119. The summed E-state index contributed by atoms with van der Waals surface area (Å²) in [6.45, 7) is 2.78. The summed E-state index contributed by atoms with van der Waals surface area (Å²) in [6, 6.07) is 18.7. The molecule has 1 aliphatic heterocycles. The molecule has 118 valence electrons. The number of amides is 1. The van der Waals surface area contributed by atoms with Gasteiger partial charge in [-0.15, -0.1) is 0 Å². The summed E-state index contributed by atoms with van der Waals surface area (Å²) in [7, 11) is 2.06. The van der Waals surface area contributed by atoms with Crippen LogP contribution in [0.15, 0.2) is 59.6 Å². The quantitative estimate of drug-likeness (QED) is 0.947. The van der Waals surface area contributed by atoms with Crippen molar-refractivity contribution in [1.29, 1.82) is 0 Å². The van der Waals surface area contributed by atoms with Crippen LogP contribution in [0.3, 0.4) is 0 Å². The van der Waals surface area contributed by atoms with Gasteiger partial charge in [0.25, 0.3) is 0 Å². The van der Waals surface area contributed by atoms with Crippen molar-refractivity contribution in [2.24, 2.45) is 4.99 Å². The second-order valence-corrected chi connectivity index (χ2v) is 5.77. The first kappa shape index (κ1) is 15.3. The molecule has 23 heavy (non-hydrogen) atoms. The molecule has 0 aliphatic carbocycles. The van der Waals surface area contributed by atoms with E-state index in [1.807, 2.05) is 30.3 Å². The highest BCUT2D eigenvalue weighted by atomic mass is 16.1. The smallest absolute Gasteiger partial charge is 0.216 e. The van der Waals surface area contributed by atoms with Crippen LogP contribution in [0.25, 0.3) is 0 Å². The molecule has 0 bridgehead atoms. The number of carbonyl (C=O) groups excluding carboxylic acids is 1. The van der Waals surface area contributed by atoms with Gasteiger partial charge in [0.1, 0.15) is 0 Å². The summed E-state index contributed by atoms with van der Waals surface area (Å²) in [6.07, 6.45) is 0. The molecule has 0 fully saturated rings. The van der Waals surface area contributed by atoms with Crippen LogP contribution in [0, 0.1) is 0 Å². The van der Waals surface area contributed by atoms with Crippen LogP contribution in [-0.4, -0.2) is 37.8 Å². The third kappa shape index (κ3) is 3.26. The lowest BCUT2D eigenvalue weighted by Gasteiger charge is -2.28. The minimum absolute atomic E-state index is 0.0109. The maximum absolute atomic E-state index is 11.2. The van der Waals surface area contributed by atoms with Gasteiger partial charge < -0.3 is 10.2 Å². The molecule has 0 saturated carbocycles. The topological polar surface area (TPSA) is 44.7 Å². The Morgan fingerprint density at radius 3 is 2.61 bits per heavy atom. The van der Waals surface area contributed by atoms with Crippen molar-refractivity contribution in [2.45, 2.75) is 13.0 Å². The Kier molecular flexibility index (Phi) is 4.42. The number of aliphatic imine (C=N–C) groups is 1. The molecular weight excluding hydrogens is 286 g/mol. The molecule has 0 radical (unpaired) electrons. The maximum atomic E-state index is 11.2. The number of fused-ring (bicyclic) bond motifs is 1. The number of hydrogen-bond donors (Lipinski definition) is 1. The molecule has 1 heterocycles. The van der Waals surface area contributed by atoms with Crippen molar-refractivity contribution in [1.82, 2.24) is 5.32 Å². The van der Waals surface area contributed by atoms with Crippen LogP contribution in [0.2, 0.25) is 0 Å². The van der Waals surface area contributed by atoms with Crippen molar-refractivity contribution < 1.29 is 4.79 Å². The molecule has 1 N–H and O–H groups in total. The summed E-state index contributed by atoms with van der Waals surface area (Å²) in [5.74, 6) is -0.0109. The zero-order chi connectivity index (χ0) is 16.2. The molecule has 0 spiro atoms. The number of carbonyl (C=O) groups is 1. The highest BCUT2D eigenvalue weighted by Gasteiger charge is 2.23. The van der Waals surface area contributed by atoms with Gasteiger partial charge in [0, 0.05) is 37.3 Å². The predicted molar refractivity (Wildman–Crippen MR) is 94.3 cm³/mol. The lowest BCUT2D eigenvalue weighted by Crippen LogP contribution is -2.43. The summed E-state index contributed by atoms with van der Waals surface area (Å²) >= 11 is 0. The van der Waals surface area contributed by atoms with E-state index in [0.29, 0.717) is 13.1 Å². The summed E-state index contributed by atoms with van der Waals surface area (Å²) in [5, 5.41) is 2.91. The molecule has 1 amide bonds. The molecule has 4 nitrogen and oxygen atoms in total. The number of likely N-dealkylation sites (N-methyl/N-ethyl adjacent to an activating group) is 1. The third-order valence-corrected chi connectivity index (χ3v) is 4.18. The fraction of sp³-hybridized carbons (Fsp3) is 0.263. The molecule has 1 aliphatic rings. The Bertz CT molecular complexity index is 724. The number of benzodiazepines with no additional fused rings is 1. The molecule has 0 aromatic heterocycles. The molecule has 1 atom stereocenters. The largest absolute Gasteiger partial charge is 0.367 e. The zero-order valence-electron chi connectivity index (χ0n) is 13.5. The molecule has 0 saturated heterocycles. The SMILES string of the molecule is CC(=O)NCC1CN=C(c2ccccc2)c2ccccc2N1C. The van der Waals surface area contributed by atoms with Gasteiger partial charge in [0.2, 0.25) is 5.91 Å². The monoisotopic (exact) mass is 307 g/mol. The normalized spacial score (nSPS) is 17.0. The van der Waals surface area contributed by atoms with Crippen molar-refractivity contribution in [3.8, 4) is 0 Å². The van der Waals surface area contributed by atoms with Crippen LogP contribution in [0.4, 0.5) is 5.69 Å². The fourth-order valence-corrected chi connectivity index (χ4v) is 2.89. The highest BCUT2D eigenvalue weighted by Crippen LogP contribution is 2.27. The number of para-hydroxylation sites is 1. The standard InChI is InChI=1S/C19H21N3O/c1-14(23)20-12-16-13-21-19(15-8-4-3-5-9-15)17-10-6-7-11-18(17)22(16)2/h3-11,16H,12-13H2,1-2H3,(H,20,23). The van der Waals surface area contributed by atoms with E-state index in [1.54, 1.807) is 6.92 Å². The number of anilines is 1. The first-order valence-electron chi connectivity index (χ1n) is 7.83. The molecule has 2 aromatic rings. The van der Waals surface area contributed by atoms with Crippen LogP contribution in [0.5, 0.6) is 0 Å². The van der Waals surface area contributed by atoms with E-state index in [1.165, 1.54) is 0 Å². The Balaban J connectivity index is 2.01. The molecule has 1 unspecified atom stereocenters. The second-order valence-electron chi connectivity index (χ2n) is 5.77. The summed E-state index contributed by atoms with van der Waals surface area (Å²) < 4.78 is 0. The van der Waals surface area contributed by atoms with Crippen LogP contribution in [-0.2, 0) is 4.79 Å². The summed E-state index contributed by atoms with van der Waals surface area (Å²) in [5.41, 5.74) is 4.40. The van der Waals surface area contributed by atoms with E-state index in [2.05, 4.69) is 41.5 Å². The average molecular weight is 307 g/mol. The maximum Gasteiger partial charge on any atom is 0.216 e. The Morgan fingerprint density at radius 1 is 1.17 bits per heavy atom. The van der Waals surface area contributed by atoms with Gasteiger partial charge >= 0.3 is 0 Å². The highest BCUT2D eigenvalue weighted by molar-refractivity contribution is 6.16. The van der Waals surface area contributed by atoms with Gasteiger partial charge in [-0.1, -0.05) is 48.5 Å². The van der Waals surface area contributed by atoms with Crippen molar-refractivity contribution in [3.63, 3.8) is 0 Å². The van der Waals surface area contributed by atoms with Gasteiger partial charge in [0.05, 0.1) is 18.3 Å². The van der Waals surface area contributed by atoms with Crippen molar-refractivity contribution in [2.75, 3.05) is 25.0 Å². The second kappa shape index (κ2) is 6.65. The van der Waals surface area contributed by atoms with Crippen LogP contribution >= 0.6 is 0 Å². The van der Waals surface area contributed by atoms with Gasteiger partial charge in [-0.3, -0.25) is 9.79 Å². The van der Waals surface area contributed by atoms with Crippen molar-refractivity contribution in [3.05, 3.63) is 65.7 Å². The van der Waals surface area contributed by atoms with Gasteiger partial charge in [0.15, 0.2) is 0 Å². The van der Waals surface area contributed by atoms with E-state index in [0.717, 1.165) is 22.5 Å². The van der Waals surface area contributed by atoms with Crippen LogP contribution < -0.4 is 10.2 Å². The Hall–Kier alpha value is -2.62. The van der Waals surface area contributed by atoms with E-state index in [-0.39, 0.29) is 11.9 Å². The van der Waals surface area contributed by atoms with E-state index in [9.17, 15) is 4.79 Å². The van der Waals surface area contributed by atoms with Gasteiger partial charge in [-0.05, 0) is 6.07 Å². The fourth-order valence-electron chi connectivity index (χ4n) is 2.89. The predicted octanol–water partition coefficient (Wildman–Crippen LogP) is 2.48. The van der Waals surface area contributed by atoms with E-state index >= 15 is 0 Å². The van der Waals surface area contributed by atoms with E-state index in [4.69, 9.17) is 4.99 Å². The number of rotatable bonds is 3. The third-order valence-electron chi connectivity index (χ3n) is 4.18. The minimum atomic E-state index is -0.0109. The first-order chi connectivity index (χ1) is 11.2. The van der Waals surface area contributed by atoms with Gasteiger partial charge in [-0.25, -0.2) is 0 Å². The molecular formula is C19H21N3O. The first-order valence-corrected chi connectivity index (χ1v) is 7.83. The summed E-state index contributed by atoms with van der Waals surface area (Å²) in [4.78, 5) is 18.3. The van der Waals surface area contributed by atoms with E-state index < -0.39 is 0 Å². The van der Waals surface area contributed by atoms with Gasteiger partial charge in [-0.2, -0.15) is 0 Å². The molecule has 2 aromatic carbocycles. The van der Waals surface area contributed by atoms with Crippen LogP contribution in [0.1, 0.15) is 18.1 Å². The van der Waals surface area contributed by atoms with Crippen molar-refractivity contribution >= 4 is 17.3 Å². The number of benzene rings is 2. The lowest BCUT2D eigenvalue weighted by atomic mass is 10.0. The minimum Gasteiger partial charge on any atom is -0.367 e. The Labute approximate surface area is 136 Å². The number of nitrogens with one attached hydrogen (secondary N) is 1. The Morgan fingerprint density at radius 2 is 1.87 bits per heavy atom. The average Bonchev–Trinajstić information content (AvgIpc) is 2.71. The molecule has 4 heteroatoms. The number of nitrogens with zero attached hydrogens (tertiary/aromatic N) is 2.